The molecule has 0 heterocycles. The third-order valence-electron chi connectivity index (χ3n) is 2.42. The van der Waals surface area contributed by atoms with Crippen LogP contribution in [0.3, 0.4) is 0 Å². The summed E-state index contributed by atoms with van der Waals surface area (Å²) in [4.78, 5) is 0. The molecular weight excluding hydrogens is 208 g/mol. The first-order chi connectivity index (χ1) is 8.38. The highest BCUT2D eigenvalue weighted by atomic mass is 14.9. The Morgan fingerprint density at radius 3 is 2.18 bits per heavy atom. The fourth-order valence-corrected chi connectivity index (χ4v) is 1.57. The predicted octanol–water partition coefficient (Wildman–Crippen LogP) is 3.40. The lowest BCUT2D eigenvalue weighted by molar-refractivity contribution is 1.26. The smallest absolute Gasteiger partial charge is 0.0384 e. The molecule has 2 nitrogen and oxygen atoms in total. The lowest BCUT2D eigenvalue weighted by Gasteiger charge is -2.06. The molecule has 2 rings (SSSR count). The van der Waals surface area contributed by atoms with Crippen LogP contribution >= 0.6 is 0 Å². The van der Waals surface area contributed by atoms with Gasteiger partial charge in [-0.15, -0.1) is 0 Å². The zero-order valence-corrected chi connectivity index (χ0v) is 9.64. The van der Waals surface area contributed by atoms with Gasteiger partial charge in [-0.05, 0) is 29.8 Å². The average Bonchev–Trinajstić information content (AvgIpc) is 2.39. The third kappa shape index (κ3) is 3.47. The molecule has 86 valence electrons. The molecule has 2 heteroatoms. The summed E-state index contributed by atoms with van der Waals surface area (Å²) in [6.07, 6.45) is 3.96. The maximum Gasteiger partial charge on any atom is 0.0384 e. The van der Waals surface area contributed by atoms with E-state index >= 15 is 0 Å². The van der Waals surface area contributed by atoms with Crippen molar-refractivity contribution in [3.63, 3.8) is 0 Å². The molecule has 0 saturated carbocycles. The molecule has 3 N–H and O–H groups in total. The molecule has 0 aliphatic carbocycles. The molecule has 0 spiro atoms. The highest BCUT2D eigenvalue weighted by Crippen LogP contribution is 2.16. The van der Waals surface area contributed by atoms with E-state index < -0.39 is 0 Å². The van der Waals surface area contributed by atoms with E-state index in [0.717, 1.165) is 16.9 Å². The monoisotopic (exact) mass is 224 g/mol. The highest BCUT2D eigenvalue weighted by Gasteiger charge is 1.93. The molecule has 0 aliphatic rings. The summed E-state index contributed by atoms with van der Waals surface area (Å²) in [6, 6.07) is 18.4. The minimum Gasteiger partial charge on any atom is -0.356 e. The fourth-order valence-electron chi connectivity index (χ4n) is 1.57. The van der Waals surface area contributed by atoms with Crippen LogP contribution in [0.5, 0.6) is 0 Å². The predicted molar refractivity (Wildman–Crippen MR) is 74.3 cm³/mol. The van der Waals surface area contributed by atoms with E-state index in [1.165, 1.54) is 0 Å². The third-order valence-corrected chi connectivity index (χ3v) is 2.42. The topological polar surface area (TPSA) is 38.0 Å². The van der Waals surface area contributed by atoms with Crippen LogP contribution in [0.1, 0.15) is 5.56 Å². The lowest BCUT2D eigenvalue weighted by Crippen LogP contribution is -1.92. The Labute approximate surface area is 102 Å². The van der Waals surface area contributed by atoms with Crippen molar-refractivity contribution in [1.82, 2.24) is 0 Å². The molecule has 0 atom stereocenters. The van der Waals surface area contributed by atoms with Crippen LogP contribution < -0.4 is 11.1 Å². The van der Waals surface area contributed by atoms with Crippen molar-refractivity contribution in [3.8, 4) is 0 Å². The van der Waals surface area contributed by atoms with Crippen LogP contribution in [0.15, 0.2) is 60.7 Å². The van der Waals surface area contributed by atoms with Crippen molar-refractivity contribution in [2.75, 3.05) is 11.9 Å². The van der Waals surface area contributed by atoms with Gasteiger partial charge in [0, 0.05) is 17.9 Å². The van der Waals surface area contributed by atoms with E-state index in [1.807, 2.05) is 42.5 Å². The van der Waals surface area contributed by atoms with Gasteiger partial charge in [0.05, 0.1) is 0 Å². The second-order valence-corrected chi connectivity index (χ2v) is 3.75. The van der Waals surface area contributed by atoms with Crippen LogP contribution in [0.25, 0.3) is 6.08 Å². The fraction of sp³-hybridized carbons (Fsp3) is 0.0667. The first kappa shape index (κ1) is 11.4. The van der Waals surface area contributed by atoms with Crippen molar-refractivity contribution < 1.29 is 0 Å². The van der Waals surface area contributed by atoms with E-state index in [2.05, 4.69) is 29.6 Å². The summed E-state index contributed by atoms with van der Waals surface area (Å²) >= 11 is 0. The average molecular weight is 224 g/mol. The highest BCUT2D eigenvalue weighted by molar-refractivity contribution is 5.62. The molecule has 0 amide bonds. The van der Waals surface area contributed by atoms with Gasteiger partial charge in [-0.25, -0.2) is 0 Å². The van der Waals surface area contributed by atoms with Crippen molar-refractivity contribution >= 4 is 17.5 Å². The van der Waals surface area contributed by atoms with Crippen molar-refractivity contribution in [3.05, 3.63) is 66.2 Å². The molecule has 0 aliphatic heterocycles. The number of hydrogen-bond donors (Lipinski definition) is 2. The SMILES string of the molecule is NCC=Cc1ccc(Nc2ccccc2)cc1. The lowest BCUT2D eigenvalue weighted by atomic mass is 10.2. The number of benzene rings is 2. The van der Waals surface area contributed by atoms with Crippen molar-refractivity contribution in [1.29, 1.82) is 0 Å². The molecule has 17 heavy (non-hydrogen) atoms. The number of hydrogen-bond acceptors (Lipinski definition) is 2. The standard InChI is InChI=1S/C15H16N2/c16-12-4-5-13-8-10-15(11-9-13)17-14-6-2-1-3-7-14/h1-11,17H,12,16H2. The molecule has 0 bridgehead atoms. The molecule has 0 aromatic heterocycles. The second-order valence-electron chi connectivity index (χ2n) is 3.75. The van der Waals surface area contributed by atoms with Gasteiger partial charge in [0.2, 0.25) is 0 Å². The summed E-state index contributed by atoms with van der Waals surface area (Å²) in [5, 5.41) is 3.34. The first-order valence-electron chi connectivity index (χ1n) is 5.67. The molecule has 0 saturated heterocycles. The van der Waals surface area contributed by atoms with Crippen LogP contribution in [0.2, 0.25) is 0 Å². The van der Waals surface area contributed by atoms with Gasteiger partial charge in [0.1, 0.15) is 0 Å². The Morgan fingerprint density at radius 2 is 1.53 bits per heavy atom. The molecule has 0 radical (unpaired) electrons. The molecular formula is C15H16N2. The van der Waals surface area contributed by atoms with Crippen LogP contribution in [0, 0.1) is 0 Å². The van der Waals surface area contributed by atoms with Crippen molar-refractivity contribution in [2.24, 2.45) is 5.73 Å². The normalized spacial score (nSPS) is 10.6. The van der Waals surface area contributed by atoms with E-state index in [1.54, 1.807) is 0 Å². The Morgan fingerprint density at radius 1 is 0.882 bits per heavy atom. The van der Waals surface area contributed by atoms with Gasteiger partial charge in [-0.1, -0.05) is 42.5 Å². The van der Waals surface area contributed by atoms with Gasteiger partial charge in [-0.2, -0.15) is 0 Å². The molecule has 0 unspecified atom stereocenters. The Balaban J connectivity index is 2.06. The second kappa shape index (κ2) is 5.87. The Bertz CT molecular complexity index is 472. The number of rotatable bonds is 4. The summed E-state index contributed by atoms with van der Waals surface area (Å²) in [5.41, 5.74) is 8.75. The number of para-hydroxylation sites is 1. The van der Waals surface area contributed by atoms with Crippen LogP contribution in [-0.2, 0) is 0 Å². The molecule has 2 aromatic carbocycles. The van der Waals surface area contributed by atoms with Gasteiger partial charge in [0.15, 0.2) is 0 Å². The maximum absolute atomic E-state index is 5.41. The summed E-state index contributed by atoms with van der Waals surface area (Å²) < 4.78 is 0. The zero-order valence-electron chi connectivity index (χ0n) is 9.64. The van der Waals surface area contributed by atoms with E-state index in [4.69, 9.17) is 5.73 Å². The minimum atomic E-state index is 0.573. The number of nitrogens with two attached hydrogens (primary N) is 1. The summed E-state index contributed by atoms with van der Waals surface area (Å²) in [7, 11) is 0. The summed E-state index contributed by atoms with van der Waals surface area (Å²) in [5.74, 6) is 0. The Hall–Kier alpha value is -2.06. The largest absolute Gasteiger partial charge is 0.356 e. The Kier molecular flexibility index (Phi) is 3.95. The van der Waals surface area contributed by atoms with Crippen molar-refractivity contribution in [2.45, 2.75) is 0 Å². The maximum atomic E-state index is 5.41. The number of anilines is 2. The van der Waals surface area contributed by atoms with Crippen LogP contribution in [-0.4, -0.2) is 6.54 Å². The van der Waals surface area contributed by atoms with Gasteiger partial charge in [0.25, 0.3) is 0 Å². The summed E-state index contributed by atoms with van der Waals surface area (Å²) in [6.45, 7) is 0.573. The molecule has 0 fully saturated rings. The molecule has 2 aromatic rings. The van der Waals surface area contributed by atoms with Gasteiger partial charge >= 0.3 is 0 Å². The number of nitrogens with one attached hydrogen (secondary N) is 1. The van der Waals surface area contributed by atoms with Gasteiger partial charge in [-0.3, -0.25) is 0 Å². The van der Waals surface area contributed by atoms with E-state index in [0.29, 0.717) is 6.54 Å². The zero-order chi connectivity index (χ0) is 11.9. The van der Waals surface area contributed by atoms with Gasteiger partial charge < -0.3 is 11.1 Å². The van der Waals surface area contributed by atoms with E-state index in [9.17, 15) is 0 Å². The van der Waals surface area contributed by atoms with E-state index in [-0.39, 0.29) is 0 Å². The minimum absolute atomic E-state index is 0.573. The van der Waals surface area contributed by atoms with Crippen LogP contribution in [0.4, 0.5) is 11.4 Å². The first-order valence-corrected chi connectivity index (χ1v) is 5.67. The quantitative estimate of drug-likeness (QED) is 0.835.